The molecule has 8 heteroatoms. The van der Waals surface area contributed by atoms with Crippen molar-refractivity contribution in [2.75, 3.05) is 36.6 Å². The zero-order valence-electron chi connectivity index (χ0n) is 16.3. The molecule has 1 N–H and O–H groups in total. The summed E-state index contributed by atoms with van der Waals surface area (Å²) >= 11 is 1.08. The lowest BCUT2D eigenvalue weighted by Crippen LogP contribution is -2.34. The Bertz CT molecular complexity index is 961. The van der Waals surface area contributed by atoms with E-state index in [1.165, 1.54) is 11.6 Å². The third-order valence-electron chi connectivity index (χ3n) is 5.57. The van der Waals surface area contributed by atoms with Crippen molar-refractivity contribution < 1.29 is 18.0 Å². The van der Waals surface area contributed by atoms with Gasteiger partial charge in [-0.2, -0.15) is 13.2 Å². The van der Waals surface area contributed by atoms with Gasteiger partial charge in [0.2, 0.25) is 0 Å². The maximum atomic E-state index is 13.3. The smallest absolute Gasteiger partial charge is 0.307 e. The van der Waals surface area contributed by atoms with Crippen LogP contribution in [0.15, 0.2) is 35.2 Å². The van der Waals surface area contributed by atoms with Gasteiger partial charge in [-0.15, -0.1) is 11.8 Å². The van der Waals surface area contributed by atoms with Crippen LogP contribution < -0.4 is 10.2 Å². The fraction of sp³-hybridized carbons (Fsp3) is 0.381. The highest BCUT2D eigenvalue weighted by molar-refractivity contribution is 7.98. The first-order valence-electron chi connectivity index (χ1n) is 9.44. The number of anilines is 2. The van der Waals surface area contributed by atoms with Crippen LogP contribution >= 0.6 is 11.8 Å². The molecule has 0 fully saturated rings. The largest absolute Gasteiger partial charge is 0.417 e. The fourth-order valence-corrected chi connectivity index (χ4v) is 5.03. The third kappa shape index (κ3) is 3.71. The van der Waals surface area contributed by atoms with E-state index < -0.39 is 11.7 Å². The monoisotopic (exact) mass is 421 g/mol. The summed E-state index contributed by atoms with van der Waals surface area (Å²) in [5.41, 5.74) is 3.63. The first kappa shape index (κ1) is 20.1. The lowest BCUT2D eigenvalue weighted by molar-refractivity contribution is -0.139. The number of hydrogen-bond acceptors (Lipinski definition) is 3. The maximum Gasteiger partial charge on any atom is 0.417 e. The molecule has 0 unspecified atom stereocenters. The van der Waals surface area contributed by atoms with Gasteiger partial charge in [-0.1, -0.05) is 12.1 Å². The average molecular weight is 421 g/mol. The normalized spacial score (nSPS) is 16.5. The first-order chi connectivity index (χ1) is 13.8. The molecular weight excluding hydrogens is 399 g/mol. The lowest BCUT2D eigenvalue weighted by Gasteiger charge is -2.27. The highest BCUT2D eigenvalue weighted by Gasteiger charge is 2.37. The van der Waals surface area contributed by atoms with Crippen molar-refractivity contribution >= 4 is 29.2 Å². The molecule has 154 valence electrons. The molecular formula is C21H22F3N3OS. The van der Waals surface area contributed by atoms with E-state index in [2.05, 4.69) is 23.3 Å². The number of nitrogens with one attached hydrogen (secondary N) is 1. The van der Waals surface area contributed by atoms with Gasteiger partial charge in [-0.3, -0.25) is 4.90 Å². The Hall–Kier alpha value is -2.19. The fourth-order valence-electron chi connectivity index (χ4n) is 4.17. The molecule has 2 heterocycles. The Balaban J connectivity index is 1.61. The van der Waals surface area contributed by atoms with Gasteiger partial charge in [-0.25, -0.2) is 4.79 Å². The molecule has 0 aromatic heterocycles. The molecule has 2 aliphatic heterocycles. The number of nitrogens with zero attached hydrogens (tertiary/aromatic N) is 2. The Morgan fingerprint density at radius 1 is 1.10 bits per heavy atom. The number of carbonyl (C=O) groups excluding carboxylic acids is 1. The van der Waals surface area contributed by atoms with E-state index in [0.717, 1.165) is 48.6 Å². The predicted molar refractivity (Wildman–Crippen MR) is 110 cm³/mol. The molecule has 2 aliphatic rings. The van der Waals surface area contributed by atoms with E-state index >= 15 is 0 Å². The Labute approximate surface area is 172 Å². The zero-order valence-corrected chi connectivity index (χ0v) is 17.1. The third-order valence-corrected chi connectivity index (χ3v) is 6.44. The SMILES string of the molecule is CSc1c(C(F)(F)F)ccc2c1CCN2C(=O)Nc1cccc2c1CCN(C)C2. The van der Waals surface area contributed by atoms with Crippen LogP contribution in [0.3, 0.4) is 0 Å². The number of fused-ring (bicyclic) bond motifs is 2. The van der Waals surface area contributed by atoms with Gasteiger partial charge >= 0.3 is 12.2 Å². The number of benzene rings is 2. The lowest BCUT2D eigenvalue weighted by atomic mass is 9.98. The van der Waals surface area contributed by atoms with Crippen LogP contribution in [0.2, 0.25) is 0 Å². The molecule has 29 heavy (non-hydrogen) atoms. The summed E-state index contributed by atoms with van der Waals surface area (Å²) in [6.07, 6.45) is -1.49. The summed E-state index contributed by atoms with van der Waals surface area (Å²) in [5, 5.41) is 2.99. The van der Waals surface area contributed by atoms with Gasteiger partial charge in [-0.05, 0) is 61.0 Å². The van der Waals surface area contributed by atoms with Gasteiger partial charge in [0.1, 0.15) is 0 Å². The number of alkyl halides is 3. The highest BCUT2D eigenvalue weighted by Crippen LogP contribution is 2.43. The van der Waals surface area contributed by atoms with Crippen molar-refractivity contribution in [3.63, 3.8) is 0 Å². The highest BCUT2D eigenvalue weighted by atomic mass is 32.2. The molecule has 0 saturated heterocycles. The molecule has 0 aliphatic carbocycles. The minimum Gasteiger partial charge on any atom is -0.307 e. The number of likely N-dealkylation sites (N-methyl/N-ethyl adjacent to an activating group) is 1. The second kappa shape index (κ2) is 7.57. The number of carbonyl (C=O) groups is 1. The zero-order chi connectivity index (χ0) is 20.8. The summed E-state index contributed by atoms with van der Waals surface area (Å²) in [5.74, 6) is 0. The van der Waals surface area contributed by atoms with Crippen molar-refractivity contribution in [2.24, 2.45) is 0 Å². The van der Waals surface area contributed by atoms with Crippen LogP contribution in [0, 0.1) is 0 Å². The van der Waals surface area contributed by atoms with E-state index in [1.54, 1.807) is 11.2 Å². The minimum absolute atomic E-state index is 0.213. The van der Waals surface area contributed by atoms with Crippen molar-refractivity contribution in [3.8, 4) is 0 Å². The van der Waals surface area contributed by atoms with Gasteiger partial charge < -0.3 is 10.2 Å². The van der Waals surface area contributed by atoms with Gasteiger partial charge in [0.15, 0.2) is 0 Å². The Kier molecular flexibility index (Phi) is 5.25. The molecule has 2 aromatic carbocycles. The number of amides is 2. The minimum atomic E-state index is -4.40. The van der Waals surface area contributed by atoms with Gasteiger partial charge in [0.25, 0.3) is 0 Å². The number of hydrogen-bond donors (Lipinski definition) is 1. The van der Waals surface area contributed by atoms with Crippen molar-refractivity contribution in [1.29, 1.82) is 0 Å². The van der Waals surface area contributed by atoms with Gasteiger partial charge in [0.05, 0.1) is 5.56 Å². The van der Waals surface area contributed by atoms with Crippen LogP contribution in [-0.2, 0) is 25.6 Å². The summed E-state index contributed by atoms with van der Waals surface area (Å²) in [6, 6.07) is 8.07. The molecule has 0 bridgehead atoms. The van der Waals surface area contributed by atoms with Crippen molar-refractivity contribution in [1.82, 2.24) is 4.90 Å². The molecule has 0 radical (unpaired) electrons. The van der Waals surface area contributed by atoms with E-state index in [1.807, 2.05) is 12.1 Å². The van der Waals surface area contributed by atoms with Crippen molar-refractivity contribution in [2.45, 2.75) is 30.5 Å². The van der Waals surface area contributed by atoms with Crippen LogP contribution in [-0.4, -0.2) is 37.3 Å². The second-order valence-electron chi connectivity index (χ2n) is 7.40. The summed E-state index contributed by atoms with van der Waals surface area (Å²) in [6.45, 7) is 2.13. The molecule has 4 rings (SSSR count). The Morgan fingerprint density at radius 3 is 2.59 bits per heavy atom. The average Bonchev–Trinajstić information content (AvgIpc) is 3.10. The van der Waals surface area contributed by atoms with Crippen LogP contribution in [0.4, 0.5) is 29.3 Å². The van der Waals surface area contributed by atoms with E-state index in [9.17, 15) is 18.0 Å². The van der Waals surface area contributed by atoms with E-state index in [-0.39, 0.29) is 10.9 Å². The van der Waals surface area contributed by atoms with Crippen LogP contribution in [0.25, 0.3) is 0 Å². The van der Waals surface area contributed by atoms with Crippen LogP contribution in [0.5, 0.6) is 0 Å². The number of halogens is 3. The maximum absolute atomic E-state index is 13.3. The predicted octanol–water partition coefficient (Wildman–Crippen LogP) is 5.01. The molecule has 0 saturated carbocycles. The van der Waals surface area contributed by atoms with E-state index in [0.29, 0.717) is 24.2 Å². The molecule has 0 spiro atoms. The van der Waals surface area contributed by atoms with Crippen LogP contribution in [0.1, 0.15) is 22.3 Å². The van der Waals surface area contributed by atoms with Gasteiger partial charge in [0, 0.05) is 35.9 Å². The number of thioether (sulfide) groups is 1. The molecule has 2 amide bonds. The second-order valence-corrected chi connectivity index (χ2v) is 8.22. The number of rotatable bonds is 2. The molecule has 4 nitrogen and oxygen atoms in total. The van der Waals surface area contributed by atoms with E-state index in [4.69, 9.17) is 0 Å². The topological polar surface area (TPSA) is 35.6 Å². The summed E-state index contributed by atoms with van der Waals surface area (Å²) in [7, 11) is 2.06. The standard InChI is InChI=1S/C21H22F3N3OS/c1-26-10-8-14-13(12-26)4-3-5-17(14)25-20(28)27-11-9-15-18(27)7-6-16(19(15)29-2)21(22,23)24/h3-7H,8-12H2,1-2H3,(H,25,28). The van der Waals surface area contributed by atoms with Crippen molar-refractivity contribution in [3.05, 3.63) is 52.6 Å². The quantitative estimate of drug-likeness (QED) is 0.693. The Morgan fingerprint density at radius 2 is 1.86 bits per heavy atom. The summed E-state index contributed by atoms with van der Waals surface area (Å²) < 4.78 is 40.0. The molecule has 2 aromatic rings. The first-order valence-corrected chi connectivity index (χ1v) is 10.7. The summed E-state index contributed by atoms with van der Waals surface area (Å²) in [4.78, 5) is 17.0. The molecule has 0 atom stereocenters. The number of urea groups is 1.